The molecule has 0 aliphatic rings. The summed E-state index contributed by atoms with van der Waals surface area (Å²) in [7, 11) is 0. The Morgan fingerprint density at radius 1 is 1.41 bits per heavy atom. The highest BCUT2D eigenvalue weighted by molar-refractivity contribution is 9.11. The lowest BCUT2D eigenvalue weighted by Crippen LogP contribution is -2.05. The fourth-order valence-corrected chi connectivity index (χ4v) is 3.60. The quantitative estimate of drug-likeness (QED) is 0.702. The third-order valence-electron chi connectivity index (χ3n) is 2.04. The number of rotatable bonds is 3. The Kier molecular flexibility index (Phi) is 4.36. The van der Waals surface area contributed by atoms with E-state index in [1.165, 1.54) is 11.3 Å². The van der Waals surface area contributed by atoms with Gasteiger partial charge in [0.2, 0.25) is 0 Å². The topological polar surface area (TPSA) is 30.0 Å². The monoisotopic (exact) mass is 393 g/mol. The molecule has 88 valence electrons. The SMILES string of the molecule is O=C(Cc1ccc(Cl)s1)c1ncc(Br)cc1Br. The summed E-state index contributed by atoms with van der Waals surface area (Å²) in [5.41, 5.74) is 0.442. The number of carbonyl (C=O) groups is 1. The Bertz CT molecular complexity index is 570. The summed E-state index contributed by atoms with van der Waals surface area (Å²) in [5, 5.41) is 0. The molecule has 0 atom stereocenters. The van der Waals surface area contributed by atoms with Gasteiger partial charge in [0.15, 0.2) is 5.78 Å². The average molecular weight is 396 g/mol. The van der Waals surface area contributed by atoms with Gasteiger partial charge in [0.05, 0.1) is 4.34 Å². The van der Waals surface area contributed by atoms with Crippen LogP contribution in [-0.4, -0.2) is 10.8 Å². The van der Waals surface area contributed by atoms with E-state index in [-0.39, 0.29) is 5.78 Å². The summed E-state index contributed by atoms with van der Waals surface area (Å²) in [5.74, 6) is -0.0251. The predicted molar refractivity (Wildman–Crippen MR) is 77.0 cm³/mol. The van der Waals surface area contributed by atoms with Crippen molar-refractivity contribution >= 4 is 60.6 Å². The zero-order valence-corrected chi connectivity index (χ0v) is 13.2. The minimum Gasteiger partial charge on any atom is -0.292 e. The number of pyridine rings is 1. The maximum atomic E-state index is 12.0. The molecule has 2 aromatic rings. The molecule has 0 aromatic carbocycles. The molecule has 0 unspecified atom stereocenters. The van der Waals surface area contributed by atoms with Crippen molar-refractivity contribution < 1.29 is 4.79 Å². The number of halogens is 3. The molecule has 0 spiro atoms. The first kappa shape index (κ1) is 13.2. The van der Waals surface area contributed by atoms with E-state index in [2.05, 4.69) is 36.8 Å². The molecule has 0 aliphatic heterocycles. The number of Topliss-reactive ketones (excluding diaryl/α,β-unsaturated/α-hetero) is 1. The number of hydrogen-bond donors (Lipinski definition) is 0. The molecule has 0 bridgehead atoms. The molecular formula is C11H6Br2ClNOS. The van der Waals surface area contributed by atoms with E-state index in [4.69, 9.17) is 11.6 Å². The number of ketones is 1. The number of aromatic nitrogens is 1. The van der Waals surface area contributed by atoms with Gasteiger partial charge in [-0.3, -0.25) is 9.78 Å². The van der Waals surface area contributed by atoms with Crippen LogP contribution in [0.4, 0.5) is 0 Å². The molecule has 0 fully saturated rings. The van der Waals surface area contributed by atoms with Gasteiger partial charge in [-0.05, 0) is 50.1 Å². The van der Waals surface area contributed by atoms with Crippen molar-refractivity contribution in [1.29, 1.82) is 0 Å². The molecule has 17 heavy (non-hydrogen) atoms. The molecule has 2 rings (SSSR count). The summed E-state index contributed by atoms with van der Waals surface area (Å²) in [4.78, 5) is 17.1. The van der Waals surface area contributed by atoms with Crippen molar-refractivity contribution in [3.05, 3.63) is 48.2 Å². The zero-order chi connectivity index (χ0) is 12.4. The van der Waals surface area contributed by atoms with E-state index in [1.54, 1.807) is 12.3 Å². The Labute approximate surface area is 124 Å². The molecular weight excluding hydrogens is 389 g/mol. The van der Waals surface area contributed by atoms with Crippen LogP contribution in [0.2, 0.25) is 4.34 Å². The standard InChI is InChI=1S/C11H6Br2ClNOS/c12-6-3-8(13)11(15-5-6)9(16)4-7-1-2-10(14)17-7/h1-3,5H,4H2. The van der Waals surface area contributed by atoms with Crippen molar-refractivity contribution in [1.82, 2.24) is 4.98 Å². The highest BCUT2D eigenvalue weighted by Crippen LogP contribution is 2.25. The van der Waals surface area contributed by atoms with E-state index in [9.17, 15) is 4.79 Å². The molecule has 6 heteroatoms. The van der Waals surface area contributed by atoms with Crippen LogP contribution in [0.3, 0.4) is 0 Å². The van der Waals surface area contributed by atoms with Gasteiger partial charge in [0.1, 0.15) is 5.69 Å². The molecule has 0 saturated carbocycles. The van der Waals surface area contributed by atoms with Gasteiger partial charge in [-0.2, -0.15) is 0 Å². The van der Waals surface area contributed by atoms with E-state index in [0.29, 0.717) is 20.9 Å². The first-order valence-corrected chi connectivity index (χ1v) is 7.43. The molecule has 2 nitrogen and oxygen atoms in total. The van der Waals surface area contributed by atoms with Crippen molar-refractivity contribution in [3.63, 3.8) is 0 Å². The molecule has 0 saturated heterocycles. The van der Waals surface area contributed by atoms with Gasteiger partial charge in [-0.25, -0.2) is 0 Å². The fourth-order valence-electron chi connectivity index (χ4n) is 1.31. The smallest absolute Gasteiger partial charge is 0.187 e. The minimum atomic E-state index is -0.0251. The van der Waals surface area contributed by atoms with Crippen LogP contribution >= 0.6 is 54.8 Å². The van der Waals surface area contributed by atoms with Crippen LogP contribution in [0.25, 0.3) is 0 Å². The number of carbonyl (C=O) groups excluding carboxylic acids is 1. The van der Waals surface area contributed by atoms with Crippen LogP contribution < -0.4 is 0 Å². The second-order valence-corrected chi connectivity index (χ2v) is 6.86. The second-order valence-electron chi connectivity index (χ2n) is 3.29. The van der Waals surface area contributed by atoms with Gasteiger partial charge < -0.3 is 0 Å². The van der Waals surface area contributed by atoms with Crippen molar-refractivity contribution in [3.8, 4) is 0 Å². The molecule has 2 heterocycles. The summed E-state index contributed by atoms with van der Waals surface area (Å²) in [6.45, 7) is 0. The van der Waals surface area contributed by atoms with Gasteiger partial charge in [-0.1, -0.05) is 11.6 Å². The van der Waals surface area contributed by atoms with Crippen LogP contribution in [0.15, 0.2) is 33.3 Å². The van der Waals surface area contributed by atoms with E-state index >= 15 is 0 Å². The predicted octanol–water partition coefficient (Wildman–Crippen LogP) is 4.75. The number of hydrogen-bond acceptors (Lipinski definition) is 3. The van der Waals surface area contributed by atoms with Gasteiger partial charge in [0.25, 0.3) is 0 Å². The van der Waals surface area contributed by atoms with E-state index in [0.717, 1.165) is 9.35 Å². The Balaban J connectivity index is 2.20. The second kappa shape index (κ2) is 5.61. The number of thiophene rings is 1. The lowest BCUT2D eigenvalue weighted by Gasteiger charge is -2.02. The van der Waals surface area contributed by atoms with Crippen molar-refractivity contribution in [2.45, 2.75) is 6.42 Å². The maximum Gasteiger partial charge on any atom is 0.187 e. The molecule has 0 N–H and O–H groups in total. The lowest BCUT2D eigenvalue weighted by atomic mass is 10.2. The third-order valence-corrected chi connectivity index (χ3v) is 4.30. The highest BCUT2D eigenvalue weighted by Gasteiger charge is 2.13. The largest absolute Gasteiger partial charge is 0.292 e. The number of nitrogens with zero attached hydrogens (tertiary/aromatic N) is 1. The minimum absolute atomic E-state index is 0.0251. The molecule has 0 amide bonds. The molecule has 0 aliphatic carbocycles. The Morgan fingerprint density at radius 3 is 2.76 bits per heavy atom. The first-order chi connectivity index (χ1) is 8.06. The normalized spacial score (nSPS) is 10.5. The van der Waals surface area contributed by atoms with E-state index in [1.807, 2.05) is 12.1 Å². The van der Waals surface area contributed by atoms with Crippen LogP contribution in [0.1, 0.15) is 15.4 Å². The van der Waals surface area contributed by atoms with Gasteiger partial charge in [-0.15, -0.1) is 11.3 Å². The molecule has 0 radical (unpaired) electrons. The van der Waals surface area contributed by atoms with Gasteiger partial charge >= 0.3 is 0 Å². The zero-order valence-electron chi connectivity index (χ0n) is 8.41. The Hall–Kier alpha value is -0.230. The van der Waals surface area contributed by atoms with Gasteiger partial charge in [0, 0.05) is 26.4 Å². The maximum absolute atomic E-state index is 12.0. The van der Waals surface area contributed by atoms with E-state index < -0.39 is 0 Å². The lowest BCUT2D eigenvalue weighted by molar-refractivity contribution is 0.0988. The summed E-state index contributed by atoms with van der Waals surface area (Å²) < 4.78 is 2.22. The average Bonchev–Trinajstić information content (AvgIpc) is 2.63. The van der Waals surface area contributed by atoms with Crippen LogP contribution in [0, 0.1) is 0 Å². The summed E-state index contributed by atoms with van der Waals surface area (Å²) in [6, 6.07) is 5.46. The molecule has 2 aromatic heterocycles. The van der Waals surface area contributed by atoms with Crippen molar-refractivity contribution in [2.24, 2.45) is 0 Å². The summed E-state index contributed by atoms with van der Waals surface area (Å²) >= 11 is 13.9. The highest BCUT2D eigenvalue weighted by atomic mass is 79.9. The first-order valence-electron chi connectivity index (χ1n) is 4.64. The van der Waals surface area contributed by atoms with Crippen LogP contribution in [-0.2, 0) is 6.42 Å². The fraction of sp³-hybridized carbons (Fsp3) is 0.0909. The third kappa shape index (κ3) is 3.37. The van der Waals surface area contributed by atoms with Crippen LogP contribution in [0.5, 0.6) is 0 Å². The summed E-state index contributed by atoms with van der Waals surface area (Å²) in [6.07, 6.45) is 1.93. The van der Waals surface area contributed by atoms with Crippen molar-refractivity contribution in [2.75, 3.05) is 0 Å². The Morgan fingerprint density at radius 2 is 2.18 bits per heavy atom.